The van der Waals surface area contributed by atoms with Crippen molar-refractivity contribution in [2.45, 2.75) is 51.7 Å². The number of halogens is 1. The smallest absolute Gasteiger partial charge is 0.410 e. The number of Topliss-reactive ketones (excluding diaryl/α,β-unsaturated/α-hetero) is 1. The number of benzene rings is 1. The topological polar surface area (TPSA) is 46.6 Å². The Morgan fingerprint density at radius 1 is 1.32 bits per heavy atom. The molecule has 0 spiro atoms. The molecule has 0 aromatic heterocycles. The lowest BCUT2D eigenvalue weighted by molar-refractivity contribution is -0.122. The first-order valence-electron chi connectivity index (χ1n) is 7.50. The maximum atomic E-state index is 12.3. The lowest BCUT2D eigenvalue weighted by Gasteiger charge is -2.36. The number of nitrogens with zero attached hydrogens (tertiary/aromatic N) is 1. The number of hydrogen-bond donors (Lipinski definition) is 0. The van der Waals surface area contributed by atoms with Gasteiger partial charge in [0.2, 0.25) is 0 Å². The average Bonchev–Trinajstić information content (AvgIpc) is 2.39. The highest BCUT2D eigenvalue weighted by atomic mass is 35.5. The molecule has 1 heterocycles. The molecule has 0 N–H and O–H groups in total. The molecule has 1 aromatic carbocycles. The van der Waals surface area contributed by atoms with Crippen LogP contribution in [0.3, 0.4) is 0 Å². The molecule has 1 aliphatic heterocycles. The summed E-state index contributed by atoms with van der Waals surface area (Å²) < 4.78 is 5.45. The first-order valence-corrected chi connectivity index (χ1v) is 7.88. The van der Waals surface area contributed by atoms with Crippen LogP contribution in [0.15, 0.2) is 24.3 Å². The molecule has 0 aliphatic carbocycles. The van der Waals surface area contributed by atoms with Crippen LogP contribution in [0.25, 0.3) is 0 Å². The third-order valence-corrected chi connectivity index (χ3v) is 3.80. The van der Waals surface area contributed by atoms with Crippen LogP contribution in [0.1, 0.15) is 39.2 Å². The summed E-state index contributed by atoms with van der Waals surface area (Å²) in [7, 11) is 0. The number of carbonyl (C=O) groups is 2. The maximum Gasteiger partial charge on any atom is 0.410 e. The molecule has 1 amide bonds. The minimum absolute atomic E-state index is 0.155. The Balaban J connectivity index is 2.11. The van der Waals surface area contributed by atoms with Gasteiger partial charge in [-0.1, -0.05) is 23.7 Å². The second-order valence-corrected chi connectivity index (χ2v) is 7.09. The molecule has 1 saturated heterocycles. The highest BCUT2D eigenvalue weighted by Crippen LogP contribution is 2.22. The van der Waals surface area contributed by atoms with Gasteiger partial charge in [0.25, 0.3) is 0 Å². The van der Waals surface area contributed by atoms with Crippen molar-refractivity contribution in [1.29, 1.82) is 0 Å². The van der Waals surface area contributed by atoms with E-state index in [0.29, 0.717) is 30.8 Å². The quantitative estimate of drug-likeness (QED) is 0.830. The van der Waals surface area contributed by atoms with Crippen LogP contribution in [0.4, 0.5) is 4.79 Å². The SMILES string of the molecule is CC(C)(C)OC(=O)N1CCC(=O)CC1Cc1ccc(Cl)cc1. The van der Waals surface area contributed by atoms with E-state index in [1.807, 2.05) is 45.0 Å². The van der Waals surface area contributed by atoms with Crippen LogP contribution in [-0.4, -0.2) is 35.0 Å². The van der Waals surface area contributed by atoms with E-state index in [1.54, 1.807) is 4.90 Å². The summed E-state index contributed by atoms with van der Waals surface area (Å²) in [6.07, 6.45) is 1.05. The normalized spacial score (nSPS) is 19.2. The molecule has 1 aliphatic rings. The average molecular weight is 324 g/mol. The summed E-state index contributed by atoms with van der Waals surface area (Å²) in [4.78, 5) is 25.8. The van der Waals surface area contributed by atoms with E-state index >= 15 is 0 Å². The zero-order chi connectivity index (χ0) is 16.3. The van der Waals surface area contributed by atoms with Crippen molar-refractivity contribution in [3.8, 4) is 0 Å². The molecule has 1 aromatic rings. The number of ketones is 1. The fraction of sp³-hybridized carbons (Fsp3) is 0.529. The van der Waals surface area contributed by atoms with Crippen LogP contribution in [0, 0.1) is 0 Å². The lowest BCUT2D eigenvalue weighted by Crippen LogP contribution is -2.49. The van der Waals surface area contributed by atoms with E-state index < -0.39 is 5.60 Å². The van der Waals surface area contributed by atoms with Gasteiger partial charge >= 0.3 is 6.09 Å². The molecule has 120 valence electrons. The summed E-state index contributed by atoms with van der Waals surface area (Å²) in [5, 5.41) is 0.674. The number of piperidine rings is 1. The molecular formula is C17H22ClNO3. The molecule has 0 bridgehead atoms. The molecule has 1 unspecified atom stereocenters. The monoisotopic (exact) mass is 323 g/mol. The maximum absolute atomic E-state index is 12.3. The predicted octanol–water partition coefficient (Wildman–Crippen LogP) is 3.85. The minimum atomic E-state index is -0.538. The van der Waals surface area contributed by atoms with Crippen LogP contribution in [-0.2, 0) is 16.0 Å². The van der Waals surface area contributed by atoms with Crippen LogP contribution < -0.4 is 0 Å². The van der Waals surface area contributed by atoms with Crippen LogP contribution in [0.5, 0.6) is 0 Å². The fourth-order valence-electron chi connectivity index (χ4n) is 2.54. The number of carbonyl (C=O) groups excluding carboxylic acids is 2. The van der Waals surface area contributed by atoms with E-state index in [-0.39, 0.29) is 17.9 Å². The standard InChI is InChI=1S/C17H22ClNO3/c1-17(2,3)22-16(21)19-9-8-15(20)11-14(19)10-12-4-6-13(18)7-5-12/h4-7,14H,8-11H2,1-3H3. The fourth-order valence-corrected chi connectivity index (χ4v) is 2.66. The van der Waals surface area contributed by atoms with E-state index in [2.05, 4.69) is 0 Å². The Bertz CT molecular complexity index is 548. The van der Waals surface area contributed by atoms with Gasteiger partial charge in [-0.3, -0.25) is 4.79 Å². The summed E-state index contributed by atoms with van der Waals surface area (Å²) >= 11 is 5.89. The molecule has 1 fully saturated rings. The van der Waals surface area contributed by atoms with Crippen molar-refractivity contribution in [2.75, 3.05) is 6.54 Å². The molecule has 0 saturated carbocycles. The van der Waals surface area contributed by atoms with Gasteiger partial charge in [0.15, 0.2) is 0 Å². The Hall–Kier alpha value is -1.55. The van der Waals surface area contributed by atoms with Crippen molar-refractivity contribution < 1.29 is 14.3 Å². The first kappa shape index (κ1) is 16.8. The van der Waals surface area contributed by atoms with Gasteiger partial charge in [-0.2, -0.15) is 0 Å². The Morgan fingerprint density at radius 2 is 1.95 bits per heavy atom. The molecular weight excluding hydrogens is 302 g/mol. The second-order valence-electron chi connectivity index (χ2n) is 6.65. The van der Waals surface area contributed by atoms with Gasteiger partial charge in [-0.15, -0.1) is 0 Å². The Kier molecular flexibility index (Phi) is 5.12. The predicted molar refractivity (Wildman–Crippen MR) is 86.1 cm³/mol. The van der Waals surface area contributed by atoms with E-state index in [9.17, 15) is 9.59 Å². The van der Waals surface area contributed by atoms with Crippen molar-refractivity contribution in [1.82, 2.24) is 4.90 Å². The molecule has 0 radical (unpaired) electrons. The van der Waals surface area contributed by atoms with Crippen LogP contribution in [0.2, 0.25) is 5.02 Å². The molecule has 2 rings (SSSR count). The summed E-state index contributed by atoms with van der Waals surface area (Å²) in [6.45, 7) is 5.95. The summed E-state index contributed by atoms with van der Waals surface area (Å²) in [5.74, 6) is 0.193. The number of ether oxygens (including phenoxy) is 1. The number of hydrogen-bond acceptors (Lipinski definition) is 3. The Morgan fingerprint density at radius 3 is 2.55 bits per heavy atom. The minimum Gasteiger partial charge on any atom is -0.444 e. The van der Waals surface area contributed by atoms with Crippen molar-refractivity contribution in [3.05, 3.63) is 34.9 Å². The second kappa shape index (κ2) is 6.69. The van der Waals surface area contributed by atoms with Gasteiger partial charge in [-0.25, -0.2) is 4.79 Å². The van der Waals surface area contributed by atoms with Crippen molar-refractivity contribution in [3.63, 3.8) is 0 Å². The van der Waals surface area contributed by atoms with Gasteiger partial charge in [0.1, 0.15) is 11.4 Å². The number of likely N-dealkylation sites (tertiary alicyclic amines) is 1. The molecule has 4 nitrogen and oxygen atoms in total. The number of rotatable bonds is 2. The highest BCUT2D eigenvalue weighted by Gasteiger charge is 2.33. The van der Waals surface area contributed by atoms with Crippen molar-refractivity contribution >= 4 is 23.5 Å². The first-order chi connectivity index (χ1) is 10.2. The number of amides is 1. The van der Waals surface area contributed by atoms with Gasteiger partial charge in [0, 0.05) is 30.5 Å². The van der Waals surface area contributed by atoms with Gasteiger partial charge in [0.05, 0.1) is 0 Å². The third-order valence-electron chi connectivity index (χ3n) is 3.55. The summed E-state index contributed by atoms with van der Waals surface area (Å²) in [5.41, 5.74) is 0.515. The highest BCUT2D eigenvalue weighted by molar-refractivity contribution is 6.30. The molecule has 22 heavy (non-hydrogen) atoms. The molecule has 1 atom stereocenters. The zero-order valence-electron chi connectivity index (χ0n) is 13.3. The van der Waals surface area contributed by atoms with Gasteiger partial charge < -0.3 is 9.64 Å². The van der Waals surface area contributed by atoms with Gasteiger partial charge in [-0.05, 0) is 44.9 Å². The van der Waals surface area contributed by atoms with Crippen LogP contribution >= 0.6 is 11.6 Å². The van der Waals surface area contributed by atoms with E-state index in [1.165, 1.54) is 0 Å². The lowest BCUT2D eigenvalue weighted by atomic mass is 9.95. The van der Waals surface area contributed by atoms with Crippen molar-refractivity contribution in [2.24, 2.45) is 0 Å². The molecule has 5 heteroatoms. The zero-order valence-corrected chi connectivity index (χ0v) is 14.0. The van der Waals surface area contributed by atoms with E-state index in [4.69, 9.17) is 16.3 Å². The Labute approximate surface area is 136 Å². The third kappa shape index (κ3) is 4.73. The summed E-state index contributed by atoms with van der Waals surface area (Å²) in [6, 6.07) is 7.33. The largest absolute Gasteiger partial charge is 0.444 e. The van der Waals surface area contributed by atoms with E-state index in [0.717, 1.165) is 5.56 Å².